The number of nitrogens with zero attached hydrogens (tertiary/aromatic N) is 2. The first-order valence-electron chi connectivity index (χ1n) is 6.04. The predicted octanol–water partition coefficient (Wildman–Crippen LogP) is 0.733. The molecule has 0 saturated carbocycles. The first-order valence-corrected chi connectivity index (χ1v) is 6.04. The first kappa shape index (κ1) is 13.7. The molecular weight excluding hydrogens is 216 g/mol. The molecule has 1 aromatic heterocycles. The van der Waals surface area contributed by atoms with Gasteiger partial charge in [0.2, 0.25) is 5.91 Å². The van der Waals surface area contributed by atoms with E-state index in [9.17, 15) is 4.79 Å². The van der Waals surface area contributed by atoms with E-state index >= 15 is 0 Å². The molecule has 0 aliphatic carbocycles. The Bertz CT molecular complexity index is 373. The Hall–Kier alpha value is -1.36. The van der Waals surface area contributed by atoms with E-state index < -0.39 is 0 Å². The van der Waals surface area contributed by atoms with Crippen molar-refractivity contribution in [3.05, 3.63) is 17.5 Å². The topological polar surface area (TPSA) is 59.0 Å². The van der Waals surface area contributed by atoms with Gasteiger partial charge in [0.05, 0.1) is 11.7 Å². The molecule has 1 amide bonds. The van der Waals surface area contributed by atoms with E-state index in [1.807, 2.05) is 34.0 Å². The minimum Gasteiger partial charge on any atom is -0.355 e. The van der Waals surface area contributed by atoms with Gasteiger partial charge in [0.25, 0.3) is 0 Å². The monoisotopic (exact) mass is 238 g/mol. The first-order chi connectivity index (χ1) is 8.04. The normalized spacial score (nSPS) is 12.5. The minimum atomic E-state index is -0.179. The van der Waals surface area contributed by atoms with E-state index in [2.05, 4.69) is 15.7 Å². The van der Waals surface area contributed by atoms with E-state index in [4.69, 9.17) is 0 Å². The van der Waals surface area contributed by atoms with Crippen LogP contribution in [-0.4, -0.2) is 28.3 Å². The highest BCUT2D eigenvalue weighted by molar-refractivity contribution is 5.81. The van der Waals surface area contributed by atoms with Crippen LogP contribution in [0.3, 0.4) is 0 Å². The fraction of sp³-hybridized carbons (Fsp3) is 0.667. The number of amides is 1. The van der Waals surface area contributed by atoms with E-state index in [-0.39, 0.29) is 11.9 Å². The van der Waals surface area contributed by atoms with Crippen LogP contribution < -0.4 is 10.6 Å². The predicted molar refractivity (Wildman–Crippen MR) is 67.5 cm³/mol. The SMILES string of the molecule is CCCNC(=O)C(C)NCc1cn(C)nc1C. The van der Waals surface area contributed by atoms with Crippen molar-refractivity contribution in [3.63, 3.8) is 0 Å². The molecule has 0 bridgehead atoms. The molecule has 96 valence electrons. The number of hydrogen-bond donors (Lipinski definition) is 2. The minimum absolute atomic E-state index is 0.0494. The molecule has 1 aromatic rings. The molecule has 0 saturated heterocycles. The molecule has 1 heterocycles. The van der Waals surface area contributed by atoms with Crippen LogP contribution in [0.1, 0.15) is 31.5 Å². The largest absolute Gasteiger partial charge is 0.355 e. The second kappa shape index (κ2) is 6.39. The Kier molecular flexibility index (Phi) is 5.15. The zero-order valence-electron chi connectivity index (χ0n) is 11.1. The lowest BCUT2D eigenvalue weighted by atomic mass is 10.2. The zero-order valence-corrected chi connectivity index (χ0v) is 11.1. The van der Waals surface area contributed by atoms with Crippen molar-refractivity contribution in [2.45, 2.75) is 39.8 Å². The van der Waals surface area contributed by atoms with Gasteiger partial charge < -0.3 is 10.6 Å². The van der Waals surface area contributed by atoms with Crippen molar-refractivity contribution in [2.75, 3.05) is 6.54 Å². The Morgan fingerprint density at radius 1 is 1.59 bits per heavy atom. The summed E-state index contributed by atoms with van der Waals surface area (Å²) in [5, 5.41) is 10.3. The second-order valence-electron chi connectivity index (χ2n) is 4.31. The van der Waals surface area contributed by atoms with Gasteiger partial charge in [-0.3, -0.25) is 9.48 Å². The Balaban J connectivity index is 2.40. The molecule has 1 atom stereocenters. The van der Waals surface area contributed by atoms with Crippen LogP contribution >= 0.6 is 0 Å². The highest BCUT2D eigenvalue weighted by Crippen LogP contribution is 2.04. The molecule has 0 aliphatic rings. The lowest BCUT2D eigenvalue weighted by Gasteiger charge is -2.13. The van der Waals surface area contributed by atoms with Crippen LogP contribution in [0, 0.1) is 6.92 Å². The molecule has 0 aromatic carbocycles. The Morgan fingerprint density at radius 2 is 2.29 bits per heavy atom. The van der Waals surface area contributed by atoms with Crippen LogP contribution in [-0.2, 0) is 18.4 Å². The van der Waals surface area contributed by atoms with Crippen LogP contribution in [0.2, 0.25) is 0 Å². The van der Waals surface area contributed by atoms with Crippen molar-refractivity contribution < 1.29 is 4.79 Å². The van der Waals surface area contributed by atoms with Gasteiger partial charge in [-0.05, 0) is 20.3 Å². The molecular formula is C12H22N4O. The smallest absolute Gasteiger partial charge is 0.236 e. The number of carbonyl (C=O) groups is 1. The van der Waals surface area contributed by atoms with Crippen LogP contribution in [0.15, 0.2) is 6.20 Å². The third-order valence-electron chi connectivity index (χ3n) is 2.66. The maximum absolute atomic E-state index is 11.6. The van der Waals surface area contributed by atoms with Crippen LogP contribution in [0.5, 0.6) is 0 Å². The molecule has 0 radical (unpaired) electrons. The number of aromatic nitrogens is 2. The quantitative estimate of drug-likeness (QED) is 0.768. The van der Waals surface area contributed by atoms with E-state index in [1.165, 1.54) is 0 Å². The molecule has 17 heavy (non-hydrogen) atoms. The number of nitrogens with one attached hydrogen (secondary N) is 2. The lowest BCUT2D eigenvalue weighted by molar-refractivity contribution is -0.122. The third kappa shape index (κ3) is 4.19. The van der Waals surface area contributed by atoms with Gasteiger partial charge in [0.1, 0.15) is 0 Å². The number of aryl methyl sites for hydroxylation is 2. The summed E-state index contributed by atoms with van der Waals surface area (Å²) in [5.74, 6) is 0.0494. The van der Waals surface area contributed by atoms with E-state index in [1.54, 1.807) is 4.68 Å². The van der Waals surface area contributed by atoms with Crippen molar-refractivity contribution in [1.82, 2.24) is 20.4 Å². The average molecular weight is 238 g/mol. The second-order valence-corrected chi connectivity index (χ2v) is 4.31. The van der Waals surface area contributed by atoms with Gasteiger partial charge in [-0.15, -0.1) is 0 Å². The van der Waals surface area contributed by atoms with Gasteiger partial charge in [-0.25, -0.2) is 0 Å². The molecule has 1 unspecified atom stereocenters. The summed E-state index contributed by atoms with van der Waals surface area (Å²) in [6.07, 6.45) is 2.93. The molecule has 0 spiro atoms. The highest BCUT2D eigenvalue weighted by Gasteiger charge is 2.12. The summed E-state index contributed by atoms with van der Waals surface area (Å²) in [6, 6.07) is -0.179. The van der Waals surface area contributed by atoms with Gasteiger partial charge in [0.15, 0.2) is 0 Å². The number of rotatable bonds is 6. The molecule has 0 fully saturated rings. The summed E-state index contributed by atoms with van der Waals surface area (Å²) in [6.45, 7) is 7.28. The van der Waals surface area contributed by atoms with Crippen molar-refractivity contribution >= 4 is 5.91 Å². The summed E-state index contributed by atoms with van der Waals surface area (Å²) in [4.78, 5) is 11.6. The summed E-state index contributed by atoms with van der Waals surface area (Å²) in [7, 11) is 1.90. The summed E-state index contributed by atoms with van der Waals surface area (Å²) >= 11 is 0. The fourth-order valence-electron chi connectivity index (χ4n) is 1.58. The fourth-order valence-corrected chi connectivity index (χ4v) is 1.58. The molecule has 5 nitrogen and oxygen atoms in total. The lowest BCUT2D eigenvalue weighted by Crippen LogP contribution is -2.42. The van der Waals surface area contributed by atoms with Crippen LogP contribution in [0.25, 0.3) is 0 Å². The third-order valence-corrected chi connectivity index (χ3v) is 2.66. The highest BCUT2D eigenvalue weighted by atomic mass is 16.2. The summed E-state index contributed by atoms with van der Waals surface area (Å²) in [5.41, 5.74) is 2.13. The standard InChI is InChI=1S/C12H22N4O/c1-5-6-13-12(17)10(3)14-7-11-8-16(4)15-9(11)2/h8,10,14H,5-7H2,1-4H3,(H,13,17). The average Bonchev–Trinajstić information content (AvgIpc) is 2.61. The van der Waals surface area contributed by atoms with Crippen LogP contribution in [0.4, 0.5) is 0 Å². The Labute approximate surface area is 103 Å². The van der Waals surface area contributed by atoms with E-state index in [0.29, 0.717) is 6.54 Å². The molecule has 0 aliphatic heterocycles. The van der Waals surface area contributed by atoms with Crippen molar-refractivity contribution in [3.8, 4) is 0 Å². The molecule has 5 heteroatoms. The van der Waals surface area contributed by atoms with E-state index in [0.717, 1.165) is 24.2 Å². The molecule has 1 rings (SSSR count). The van der Waals surface area contributed by atoms with Crippen molar-refractivity contribution in [2.24, 2.45) is 7.05 Å². The summed E-state index contributed by atoms with van der Waals surface area (Å²) < 4.78 is 1.79. The zero-order chi connectivity index (χ0) is 12.8. The van der Waals surface area contributed by atoms with Gasteiger partial charge in [-0.1, -0.05) is 6.92 Å². The van der Waals surface area contributed by atoms with Gasteiger partial charge in [-0.2, -0.15) is 5.10 Å². The maximum Gasteiger partial charge on any atom is 0.236 e. The number of carbonyl (C=O) groups excluding carboxylic acids is 1. The Morgan fingerprint density at radius 3 is 2.82 bits per heavy atom. The van der Waals surface area contributed by atoms with Gasteiger partial charge >= 0.3 is 0 Å². The molecule has 2 N–H and O–H groups in total. The maximum atomic E-state index is 11.6. The van der Waals surface area contributed by atoms with Crippen molar-refractivity contribution in [1.29, 1.82) is 0 Å². The number of hydrogen-bond acceptors (Lipinski definition) is 3. The van der Waals surface area contributed by atoms with Gasteiger partial charge in [0, 0.05) is 31.9 Å².